The van der Waals surface area contributed by atoms with E-state index in [0.717, 1.165) is 25.0 Å². The fraction of sp³-hybridized carbons (Fsp3) is 0.312. The van der Waals surface area contributed by atoms with Gasteiger partial charge in [0, 0.05) is 17.9 Å². The van der Waals surface area contributed by atoms with Crippen LogP contribution < -0.4 is 5.73 Å². The van der Waals surface area contributed by atoms with Crippen molar-refractivity contribution in [2.45, 2.75) is 32.2 Å². The highest BCUT2D eigenvalue weighted by molar-refractivity contribution is 5.19. The zero-order valence-corrected chi connectivity index (χ0v) is 10.8. The molecular weight excluding hydrogens is 220 g/mol. The van der Waals surface area contributed by atoms with Gasteiger partial charge in [0.2, 0.25) is 0 Å². The molecule has 0 saturated heterocycles. The molecule has 2 rings (SSSR count). The van der Waals surface area contributed by atoms with Gasteiger partial charge in [-0.3, -0.25) is 4.98 Å². The minimum absolute atomic E-state index is 0.0962. The van der Waals surface area contributed by atoms with E-state index in [-0.39, 0.29) is 6.04 Å². The molecule has 94 valence electrons. The number of aryl methyl sites for hydroxylation is 2. The van der Waals surface area contributed by atoms with Crippen LogP contribution in [0.25, 0.3) is 0 Å². The summed E-state index contributed by atoms with van der Waals surface area (Å²) < 4.78 is 0. The molecule has 0 fully saturated rings. The molecule has 0 aliphatic carbocycles. The maximum absolute atomic E-state index is 6.17. The average molecular weight is 240 g/mol. The first-order valence-corrected chi connectivity index (χ1v) is 6.54. The van der Waals surface area contributed by atoms with Gasteiger partial charge >= 0.3 is 0 Å². The number of rotatable bonds is 5. The maximum atomic E-state index is 6.17. The molecule has 1 aromatic carbocycles. The lowest BCUT2D eigenvalue weighted by Crippen LogP contribution is -2.11. The fourth-order valence-corrected chi connectivity index (χ4v) is 1.98. The van der Waals surface area contributed by atoms with Crippen molar-refractivity contribution in [2.75, 3.05) is 0 Å². The molecule has 0 amide bonds. The largest absolute Gasteiger partial charge is 0.324 e. The van der Waals surface area contributed by atoms with Crippen LogP contribution >= 0.6 is 0 Å². The molecule has 0 bridgehead atoms. The molecule has 2 nitrogen and oxygen atoms in total. The van der Waals surface area contributed by atoms with Crippen LogP contribution in [0.3, 0.4) is 0 Å². The summed E-state index contributed by atoms with van der Waals surface area (Å²) >= 11 is 0. The van der Waals surface area contributed by atoms with Gasteiger partial charge in [-0.1, -0.05) is 43.3 Å². The van der Waals surface area contributed by atoms with E-state index in [0.29, 0.717) is 0 Å². The van der Waals surface area contributed by atoms with Crippen molar-refractivity contribution in [1.29, 1.82) is 0 Å². The minimum Gasteiger partial charge on any atom is -0.324 e. The number of nitrogens with two attached hydrogens (primary N) is 1. The second kappa shape index (κ2) is 6.31. The van der Waals surface area contributed by atoms with Crippen molar-refractivity contribution in [2.24, 2.45) is 5.73 Å². The monoisotopic (exact) mass is 240 g/mol. The highest BCUT2D eigenvalue weighted by Gasteiger charge is 2.05. The fourth-order valence-electron chi connectivity index (χ4n) is 1.98. The summed E-state index contributed by atoms with van der Waals surface area (Å²) in [6.45, 7) is 2.14. The minimum atomic E-state index is 0.0962. The molecule has 1 aromatic heterocycles. The Morgan fingerprint density at radius 1 is 1.11 bits per heavy atom. The molecule has 1 atom stereocenters. The standard InChI is InChI=1S/C16H20N2/c1-2-13-8-9-15(18-12-13)10-11-16(17)14-6-4-3-5-7-14/h3-9,12,16H,2,10-11,17H2,1H3. The number of hydrogen-bond donors (Lipinski definition) is 1. The van der Waals surface area contributed by atoms with E-state index in [1.165, 1.54) is 11.1 Å². The van der Waals surface area contributed by atoms with E-state index in [2.05, 4.69) is 36.2 Å². The maximum Gasteiger partial charge on any atom is 0.0404 e. The van der Waals surface area contributed by atoms with Gasteiger partial charge in [0.05, 0.1) is 0 Å². The van der Waals surface area contributed by atoms with Crippen LogP contribution in [-0.4, -0.2) is 4.98 Å². The zero-order chi connectivity index (χ0) is 12.8. The lowest BCUT2D eigenvalue weighted by atomic mass is 10.0. The predicted octanol–water partition coefficient (Wildman–Crippen LogP) is 3.28. The van der Waals surface area contributed by atoms with E-state index >= 15 is 0 Å². The lowest BCUT2D eigenvalue weighted by Gasteiger charge is -2.11. The van der Waals surface area contributed by atoms with Crippen LogP contribution in [0, 0.1) is 0 Å². The summed E-state index contributed by atoms with van der Waals surface area (Å²) in [5.74, 6) is 0. The van der Waals surface area contributed by atoms with Gasteiger partial charge in [-0.25, -0.2) is 0 Å². The Bertz CT molecular complexity index is 462. The van der Waals surface area contributed by atoms with Crippen LogP contribution in [0.4, 0.5) is 0 Å². The first-order chi connectivity index (χ1) is 8.79. The van der Waals surface area contributed by atoms with E-state index < -0.39 is 0 Å². The van der Waals surface area contributed by atoms with Crippen molar-refractivity contribution in [3.8, 4) is 0 Å². The summed E-state index contributed by atoms with van der Waals surface area (Å²) in [4.78, 5) is 4.46. The quantitative estimate of drug-likeness (QED) is 0.871. The van der Waals surface area contributed by atoms with Crippen LogP contribution in [0.15, 0.2) is 48.7 Å². The molecule has 0 saturated carbocycles. The Morgan fingerprint density at radius 3 is 2.50 bits per heavy atom. The summed E-state index contributed by atoms with van der Waals surface area (Å²) in [6, 6.07) is 14.6. The molecule has 0 radical (unpaired) electrons. The van der Waals surface area contributed by atoms with E-state index in [9.17, 15) is 0 Å². The third-order valence-electron chi connectivity index (χ3n) is 3.23. The Kier molecular flexibility index (Phi) is 4.48. The first-order valence-electron chi connectivity index (χ1n) is 6.54. The molecule has 2 N–H and O–H groups in total. The number of pyridine rings is 1. The van der Waals surface area contributed by atoms with Crippen molar-refractivity contribution in [1.82, 2.24) is 4.98 Å². The Morgan fingerprint density at radius 2 is 1.89 bits per heavy atom. The zero-order valence-electron chi connectivity index (χ0n) is 10.8. The molecule has 0 aliphatic heterocycles. The summed E-state index contributed by atoms with van der Waals surface area (Å²) in [5.41, 5.74) is 9.78. The van der Waals surface area contributed by atoms with Gasteiger partial charge in [-0.05, 0) is 36.5 Å². The summed E-state index contributed by atoms with van der Waals surface area (Å²) in [7, 11) is 0. The van der Waals surface area contributed by atoms with E-state index in [1.807, 2.05) is 24.4 Å². The van der Waals surface area contributed by atoms with E-state index in [4.69, 9.17) is 5.73 Å². The highest BCUT2D eigenvalue weighted by atomic mass is 14.7. The van der Waals surface area contributed by atoms with Crippen LogP contribution in [0.2, 0.25) is 0 Å². The van der Waals surface area contributed by atoms with Gasteiger partial charge in [-0.2, -0.15) is 0 Å². The molecule has 18 heavy (non-hydrogen) atoms. The molecular formula is C16H20N2. The third kappa shape index (κ3) is 3.41. The van der Waals surface area contributed by atoms with Crippen LogP contribution in [0.1, 0.15) is 36.2 Å². The molecule has 2 aromatic rings. The highest BCUT2D eigenvalue weighted by Crippen LogP contribution is 2.15. The second-order valence-corrected chi connectivity index (χ2v) is 4.57. The molecule has 1 unspecified atom stereocenters. The smallest absolute Gasteiger partial charge is 0.0404 e. The second-order valence-electron chi connectivity index (χ2n) is 4.57. The number of aromatic nitrogens is 1. The van der Waals surface area contributed by atoms with Gasteiger partial charge in [0.15, 0.2) is 0 Å². The third-order valence-corrected chi connectivity index (χ3v) is 3.23. The number of benzene rings is 1. The van der Waals surface area contributed by atoms with Crippen molar-refractivity contribution in [3.63, 3.8) is 0 Å². The topological polar surface area (TPSA) is 38.9 Å². The molecule has 0 spiro atoms. The van der Waals surface area contributed by atoms with Crippen molar-refractivity contribution >= 4 is 0 Å². The lowest BCUT2D eigenvalue weighted by molar-refractivity contribution is 0.644. The van der Waals surface area contributed by atoms with Crippen molar-refractivity contribution < 1.29 is 0 Å². The molecule has 1 heterocycles. The normalized spacial score (nSPS) is 12.3. The van der Waals surface area contributed by atoms with Gasteiger partial charge in [-0.15, -0.1) is 0 Å². The van der Waals surface area contributed by atoms with Crippen molar-refractivity contribution in [3.05, 3.63) is 65.5 Å². The summed E-state index contributed by atoms with van der Waals surface area (Å²) in [5, 5.41) is 0. The molecule has 2 heteroatoms. The average Bonchev–Trinajstić information content (AvgIpc) is 2.46. The SMILES string of the molecule is CCc1ccc(CCC(N)c2ccccc2)nc1. The number of nitrogens with zero attached hydrogens (tertiary/aromatic N) is 1. The van der Waals surface area contributed by atoms with Crippen LogP contribution in [-0.2, 0) is 12.8 Å². The summed E-state index contributed by atoms with van der Waals surface area (Å²) in [6.07, 6.45) is 4.86. The van der Waals surface area contributed by atoms with Gasteiger partial charge in [0.1, 0.15) is 0 Å². The Hall–Kier alpha value is -1.67. The van der Waals surface area contributed by atoms with Gasteiger partial charge in [0.25, 0.3) is 0 Å². The van der Waals surface area contributed by atoms with Crippen LogP contribution in [0.5, 0.6) is 0 Å². The Labute approximate surface area is 109 Å². The Balaban J connectivity index is 1.91. The number of hydrogen-bond acceptors (Lipinski definition) is 2. The van der Waals surface area contributed by atoms with Gasteiger partial charge < -0.3 is 5.73 Å². The predicted molar refractivity (Wildman–Crippen MR) is 75.3 cm³/mol. The molecule has 0 aliphatic rings. The first kappa shape index (κ1) is 12.8. The van der Waals surface area contributed by atoms with E-state index in [1.54, 1.807) is 0 Å².